The predicted molar refractivity (Wildman–Crippen MR) is 147 cm³/mol. The highest BCUT2D eigenvalue weighted by molar-refractivity contribution is 5.95. The zero-order valence-electron chi connectivity index (χ0n) is 20.6. The van der Waals surface area contributed by atoms with Gasteiger partial charge < -0.3 is 15.4 Å². The first kappa shape index (κ1) is 24.3. The standard InChI is InChI=1S/C31H29N3O3/c1-32-29(19-21-9-3-2-4-10-21)30(35)33-22-15-17-23(18-16-22)34-31(36)37-20-28-26-13-7-5-11-24(26)25-12-6-8-14-27(25)28/h2-18,28-29,32H,19-20H2,1H3,(H,33,35)(H,34,36)/t29-/m0/s1. The molecule has 1 aliphatic rings. The summed E-state index contributed by atoms with van der Waals surface area (Å²) in [4.78, 5) is 25.3. The monoisotopic (exact) mass is 491 g/mol. The molecule has 6 heteroatoms. The Morgan fingerprint density at radius 3 is 1.86 bits per heavy atom. The van der Waals surface area contributed by atoms with Crippen molar-refractivity contribution in [1.29, 1.82) is 0 Å². The van der Waals surface area contributed by atoms with E-state index in [-0.39, 0.29) is 24.5 Å². The van der Waals surface area contributed by atoms with E-state index in [1.54, 1.807) is 31.3 Å². The molecule has 0 bridgehead atoms. The van der Waals surface area contributed by atoms with Crippen molar-refractivity contribution < 1.29 is 14.3 Å². The Morgan fingerprint density at radius 2 is 1.27 bits per heavy atom. The van der Waals surface area contributed by atoms with Crippen molar-refractivity contribution in [2.75, 3.05) is 24.3 Å². The predicted octanol–water partition coefficient (Wildman–Crippen LogP) is 5.82. The number of hydrogen-bond donors (Lipinski definition) is 3. The van der Waals surface area contributed by atoms with Gasteiger partial charge >= 0.3 is 6.09 Å². The minimum atomic E-state index is -0.517. The summed E-state index contributed by atoms with van der Waals surface area (Å²) in [5, 5.41) is 8.78. The van der Waals surface area contributed by atoms with Crippen LogP contribution in [0.15, 0.2) is 103 Å². The molecule has 0 unspecified atom stereocenters. The lowest BCUT2D eigenvalue weighted by atomic mass is 9.98. The van der Waals surface area contributed by atoms with Crippen LogP contribution < -0.4 is 16.0 Å². The molecule has 3 N–H and O–H groups in total. The van der Waals surface area contributed by atoms with E-state index in [1.165, 1.54) is 22.3 Å². The molecule has 4 aromatic rings. The Labute approximate surface area is 216 Å². The van der Waals surface area contributed by atoms with Gasteiger partial charge in [-0.1, -0.05) is 78.9 Å². The summed E-state index contributed by atoms with van der Waals surface area (Å²) >= 11 is 0. The first-order valence-electron chi connectivity index (χ1n) is 12.4. The maximum atomic E-state index is 12.7. The van der Waals surface area contributed by atoms with E-state index in [1.807, 2.05) is 54.6 Å². The van der Waals surface area contributed by atoms with E-state index < -0.39 is 6.09 Å². The second-order valence-electron chi connectivity index (χ2n) is 9.05. The van der Waals surface area contributed by atoms with Gasteiger partial charge in [0.1, 0.15) is 6.61 Å². The Bertz CT molecular complexity index is 1340. The molecule has 0 aromatic heterocycles. The van der Waals surface area contributed by atoms with E-state index in [2.05, 4.69) is 40.2 Å². The summed E-state index contributed by atoms with van der Waals surface area (Å²) in [5.74, 6) is -0.115. The van der Waals surface area contributed by atoms with Crippen LogP contribution >= 0.6 is 0 Å². The van der Waals surface area contributed by atoms with Crippen LogP contribution in [-0.4, -0.2) is 31.7 Å². The van der Waals surface area contributed by atoms with Gasteiger partial charge in [0.2, 0.25) is 5.91 Å². The maximum absolute atomic E-state index is 12.7. The van der Waals surface area contributed by atoms with Gasteiger partial charge in [-0.25, -0.2) is 4.79 Å². The van der Waals surface area contributed by atoms with Crippen LogP contribution in [0.3, 0.4) is 0 Å². The molecule has 4 aromatic carbocycles. The molecule has 0 heterocycles. The van der Waals surface area contributed by atoms with Gasteiger partial charge in [0.15, 0.2) is 0 Å². The fourth-order valence-electron chi connectivity index (χ4n) is 4.79. The third-order valence-electron chi connectivity index (χ3n) is 6.69. The Balaban J connectivity index is 1.15. The highest BCUT2D eigenvalue weighted by Crippen LogP contribution is 2.44. The molecular weight excluding hydrogens is 462 g/mol. The van der Waals surface area contributed by atoms with Crippen LogP contribution in [0.1, 0.15) is 22.6 Å². The molecule has 0 aliphatic heterocycles. The van der Waals surface area contributed by atoms with Gasteiger partial charge in [-0.05, 0) is 65.6 Å². The summed E-state index contributed by atoms with van der Waals surface area (Å²) < 4.78 is 5.61. The molecule has 2 amide bonds. The third kappa shape index (κ3) is 5.55. The average Bonchev–Trinajstić information content (AvgIpc) is 3.26. The van der Waals surface area contributed by atoms with Gasteiger partial charge in [-0.15, -0.1) is 0 Å². The summed E-state index contributed by atoms with van der Waals surface area (Å²) in [7, 11) is 1.77. The van der Waals surface area contributed by atoms with E-state index >= 15 is 0 Å². The molecule has 1 atom stereocenters. The number of ether oxygens (including phenoxy) is 1. The summed E-state index contributed by atoms with van der Waals surface area (Å²) in [6.45, 7) is 0.251. The van der Waals surface area contributed by atoms with Gasteiger partial charge in [0.05, 0.1) is 6.04 Å². The highest BCUT2D eigenvalue weighted by Gasteiger charge is 2.29. The van der Waals surface area contributed by atoms with Gasteiger partial charge in [-0.3, -0.25) is 10.1 Å². The maximum Gasteiger partial charge on any atom is 0.411 e. The van der Waals surface area contributed by atoms with Gasteiger partial charge in [0.25, 0.3) is 0 Å². The lowest BCUT2D eigenvalue weighted by Gasteiger charge is -2.17. The largest absolute Gasteiger partial charge is 0.448 e. The van der Waals surface area contributed by atoms with Crippen molar-refractivity contribution in [2.45, 2.75) is 18.4 Å². The minimum Gasteiger partial charge on any atom is -0.448 e. The Kier molecular flexibility index (Phi) is 7.28. The summed E-state index contributed by atoms with van der Waals surface area (Å²) in [6, 6.07) is 33.0. The van der Waals surface area contributed by atoms with Crippen LogP contribution in [0.4, 0.5) is 16.2 Å². The number of hydrogen-bond acceptors (Lipinski definition) is 4. The van der Waals surface area contributed by atoms with E-state index in [9.17, 15) is 9.59 Å². The number of anilines is 2. The van der Waals surface area contributed by atoms with Crippen molar-refractivity contribution >= 4 is 23.4 Å². The highest BCUT2D eigenvalue weighted by atomic mass is 16.5. The molecule has 0 saturated carbocycles. The zero-order valence-corrected chi connectivity index (χ0v) is 20.6. The van der Waals surface area contributed by atoms with Crippen LogP contribution in [-0.2, 0) is 16.0 Å². The van der Waals surface area contributed by atoms with Crippen molar-refractivity contribution in [3.8, 4) is 11.1 Å². The lowest BCUT2D eigenvalue weighted by Crippen LogP contribution is -2.40. The average molecular weight is 492 g/mol. The number of benzene rings is 4. The number of likely N-dealkylation sites (N-methyl/N-ethyl adjacent to an activating group) is 1. The van der Waals surface area contributed by atoms with Crippen LogP contribution in [0.5, 0.6) is 0 Å². The first-order valence-corrected chi connectivity index (χ1v) is 12.4. The minimum absolute atomic E-state index is 0.00625. The summed E-state index contributed by atoms with van der Waals surface area (Å²) in [6.07, 6.45) is 0.0710. The van der Waals surface area contributed by atoms with E-state index in [4.69, 9.17) is 4.74 Å². The molecular formula is C31H29N3O3. The molecule has 0 radical (unpaired) electrons. The zero-order chi connectivity index (χ0) is 25.6. The number of fused-ring (bicyclic) bond motifs is 3. The van der Waals surface area contributed by atoms with E-state index in [0.29, 0.717) is 17.8 Å². The number of carbonyl (C=O) groups is 2. The molecule has 0 fully saturated rings. The third-order valence-corrected chi connectivity index (χ3v) is 6.69. The van der Waals surface area contributed by atoms with Crippen molar-refractivity contribution in [3.63, 3.8) is 0 Å². The van der Waals surface area contributed by atoms with Crippen molar-refractivity contribution in [3.05, 3.63) is 120 Å². The second-order valence-corrected chi connectivity index (χ2v) is 9.05. The van der Waals surface area contributed by atoms with Crippen molar-refractivity contribution in [2.24, 2.45) is 0 Å². The topological polar surface area (TPSA) is 79.5 Å². The van der Waals surface area contributed by atoms with Crippen LogP contribution in [0.25, 0.3) is 11.1 Å². The van der Waals surface area contributed by atoms with Crippen molar-refractivity contribution in [1.82, 2.24) is 5.32 Å². The number of carbonyl (C=O) groups excluding carboxylic acids is 2. The molecule has 5 rings (SSSR count). The van der Waals surface area contributed by atoms with Crippen LogP contribution in [0.2, 0.25) is 0 Å². The fraction of sp³-hybridized carbons (Fsp3) is 0.161. The van der Waals surface area contributed by atoms with Crippen LogP contribution in [0, 0.1) is 0 Å². The first-order chi connectivity index (χ1) is 18.1. The number of nitrogens with one attached hydrogen (secondary N) is 3. The van der Waals surface area contributed by atoms with Gasteiger partial charge in [-0.2, -0.15) is 0 Å². The molecule has 1 aliphatic carbocycles. The Morgan fingerprint density at radius 1 is 0.730 bits per heavy atom. The molecule has 0 spiro atoms. The molecule has 37 heavy (non-hydrogen) atoms. The normalized spacial score (nSPS) is 12.8. The fourth-order valence-corrected chi connectivity index (χ4v) is 4.79. The lowest BCUT2D eigenvalue weighted by molar-refractivity contribution is -0.118. The smallest absolute Gasteiger partial charge is 0.411 e. The quantitative estimate of drug-likeness (QED) is 0.290. The second kappa shape index (κ2) is 11.1. The molecule has 0 saturated heterocycles. The SMILES string of the molecule is CN[C@@H](Cc1ccccc1)C(=O)Nc1ccc(NC(=O)OCC2c3ccccc3-c3ccccc32)cc1. The van der Waals surface area contributed by atoms with E-state index in [0.717, 1.165) is 5.56 Å². The molecule has 186 valence electrons. The number of rotatable bonds is 8. The van der Waals surface area contributed by atoms with Gasteiger partial charge in [0, 0.05) is 17.3 Å². The number of amides is 2. The summed E-state index contributed by atoms with van der Waals surface area (Å²) in [5.41, 5.74) is 7.04. The molecule has 6 nitrogen and oxygen atoms in total. The Hall–Kier alpha value is -4.42.